The van der Waals surface area contributed by atoms with E-state index in [4.69, 9.17) is 10.5 Å². The summed E-state index contributed by atoms with van der Waals surface area (Å²) in [5.41, 5.74) is 6.37. The highest BCUT2D eigenvalue weighted by atomic mass is 32.1. The summed E-state index contributed by atoms with van der Waals surface area (Å²) in [6.07, 6.45) is 0. The van der Waals surface area contributed by atoms with E-state index in [1.165, 1.54) is 4.31 Å². The molecule has 16 heavy (non-hydrogen) atoms. The number of benzene rings is 1. The van der Waals surface area contributed by atoms with Crippen molar-refractivity contribution in [3.05, 3.63) is 30.3 Å². The maximum Gasteiger partial charge on any atom is 0.331 e. The normalized spacial score (nSPS) is 11.9. The molecule has 0 fully saturated rings. The van der Waals surface area contributed by atoms with Crippen molar-refractivity contribution in [3.63, 3.8) is 0 Å². The number of para-hydroxylation sites is 1. The SMILES string of the molecule is CCOC(=O)C(CN)N(S)c1ccccc1. The van der Waals surface area contributed by atoms with Gasteiger partial charge in [0.15, 0.2) is 0 Å². The topological polar surface area (TPSA) is 55.6 Å². The lowest BCUT2D eigenvalue weighted by Crippen LogP contribution is -2.42. The van der Waals surface area contributed by atoms with Gasteiger partial charge in [-0.3, -0.25) is 0 Å². The summed E-state index contributed by atoms with van der Waals surface area (Å²) in [6.45, 7) is 2.26. The summed E-state index contributed by atoms with van der Waals surface area (Å²) in [6, 6.07) is 8.79. The van der Waals surface area contributed by atoms with Crippen LogP contribution in [0.5, 0.6) is 0 Å². The van der Waals surface area contributed by atoms with E-state index in [-0.39, 0.29) is 12.5 Å². The van der Waals surface area contributed by atoms with Crippen LogP contribution in [0.4, 0.5) is 5.69 Å². The Hall–Kier alpha value is -1.20. The minimum absolute atomic E-state index is 0.164. The first-order valence-electron chi connectivity index (χ1n) is 5.10. The Labute approximate surface area is 101 Å². The lowest BCUT2D eigenvalue weighted by molar-refractivity contribution is -0.144. The Morgan fingerprint density at radius 3 is 2.62 bits per heavy atom. The van der Waals surface area contributed by atoms with Crippen molar-refractivity contribution >= 4 is 24.5 Å². The molecule has 0 heterocycles. The molecule has 1 aromatic rings. The van der Waals surface area contributed by atoms with Gasteiger partial charge >= 0.3 is 5.97 Å². The third-order valence-electron chi connectivity index (χ3n) is 2.10. The highest BCUT2D eigenvalue weighted by Gasteiger charge is 2.23. The van der Waals surface area contributed by atoms with Crippen LogP contribution in [0.15, 0.2) is 30.3 Å². The van der Waals surface area contributed by atoms with Crippen LogP contribution in [0, 0.1) is 0 Å². The van der Waals surface area contributed by atoms with Crippen molar-refractivity contribution < 1.29 is 9.53 Å². The van der Waals surface area contributed by atoms with Gasteiger partial charge in [-0.25, -0.2) is 4.79 Å². The summed E-state index contributed by atoms with van der Waals surface area (Å²) in [4.78, 5) is 11.6. The van der Waals surface area contributed by atoms with Crippen LogP contribution in [0.25, 0.3) is 0 Å². The fraction of sp³-hybridized carbons (Fsp3) is 0.364. The second-order valence-corrected chi connectivity index (χ2v) is 3.61. The molecular formula is C11H16N2O2S. The van der Waals surface area contributed by atoms with Crippen LogP contribution in [0.3, 0.4) is 0 Å². The molecule has 0 aromatic heterocycles. The lowest BCUT2D eigenvalue weighted by Gasteiger charge is -2.25. The van der Waals surface area contributed by atoms with Crippen LogP contribution >= 0.6 is 12.8 Å². The summed E-state index contributed by atoms with van der Waals surface area (Å²) >= 11 is 4.28. The standard InChI is InChI=1S/C11H16N2O2S/c1-2-15-11(14)10(8-12)13(16)9-6-4-3-5-7-9/h3-7,10,16H,2,8,12H2,1H3. The first kappa shape index (κ1) is 12.9. The van der Waals surface area contributed by atoms with E-state index >= 15 is 0 Å². The van der Waals surface area contributed by atoms with E-state index in [0.29, 0.717) is 6.61 Å². The molecule has 0 spiro atoms. The Bertz CT molecular complexity index is 332. The molecule has 0 amide bonds. The minimum Gasteiger partial charge on any atom is -0.464 e. The zero-order chi connectivity index (χ0) is 12.0. The predicted molar refractivity (Wildman–Crippen MR) is 67.4 cm³/mol. The van der Waals surface area contributed by atoms with Crippen LogP contribution in [-0.2, 0) is 9.53 Å². The fourth-order valence-corrected chi connectivity index (χ4v) is 1.62. The first-order chi connectivity index (χ1) is 7.70. The second-order valence-electron chi connectivity index (χ2n) is 3.18. The van der Waals surface area contributed by atoms with Crippen molar-refractivity contribution in [1.29, 1.82) is 0 Å². The number of hydrogen-bond acceptors (Lipinski definition) is 5. The van der Waals surface area contributed by atoms with Gasteiger partial charge in [-0.15, -0.1) is 0 Å². The van der Waals surface area contributed by atoms with Gasteiger partial charge in [0.1, 0.15) is 6.04 Å². The molecule has 2 N–H and O–H groups in total. The van der Waals surface area contributed by atoms with Gasteiger partial charge in [0, 0.05) is 12.2 Å². The molecule has 5 heteroatoms. The van der Waals surface area contributed by atoms with Crippen molar-refractivity contribution in [3.8, 4) is 0 Å². The third kappa shape index (κ3) is 3.15. The van der Waals surface area contributed by atoms with Crippen LogP contribution in [0.2, 0.25) is 0 Å². The second kappa shape index (κ2) is 6.40. The molecule has 0 aliphatic heterocycles. The van der Waals surface area contributed by atoms with Gasteiger partial charge in [0.2, 0.25) is 0 Å². The number of rotatable bonds is 5. The number of thiol groups is 1. The summed E-state index contributed by atoms with van der Waals surface area (Å²) in [5.74, 6) is -0.358. The maximum atomic E-state index is 11.6. The number of nitrogens with two attached hydrogens (primary N) is 1. The highest BCUT2D eigenvalue weighted by molar-refractivity contribution is 7.81. The van der Waals surface area contributed by atoms with E-state index in [1.807, 2.05) is 30.3 Å². The number of nitrogens with zero attached hydrogens (tertiary/aromatic N) is 1. The molecule has 0 saturated heterocycles. The monoisotopic (exact) mass is 240 g/mol. The van der Waals surface area contributed by atoms with Gasteiger partial charge < -0.3 is 14.8 Å². The Balaban J connectivity index is 2.77. The zero-order valence-corrected chi connectivity index (χ0v) is 10.1. The van der Waals surface area contributed by atoms with Crippen LogP contribution in [-0.4, -0.2) is 25.2 Å². The number of esters is 1. The van der Waals surface area contributed by atoms with Gasteiger partial charge in [0.25, 0.3) is 0 Å². The summed E-state index contributed by atoms with van der Waals surface area (Å²) in [5, 5.41) is 0. The van der Waals surface area contributed by atoms with Crippen molar-refractivity contribution in [2.75, 3.05) is 17.5 Å². The molecular weight excluding hydrogens is 224 g/mol. The lowest BCUT2D eigenvalue weighted by atomic mass is 10.2. The molecule has 0 radical (unpaired) electrons. The first-order valence-corrected chi connectivity index (χ1v) is 5.50. The van der Waals surface area contributed by atoms with Crippen molar-refractivity contribution in [2.24, 2.45) is 5.73 Å². The molecule has 0 bridgehead atoms. The largest absolute Gasteiger partial charge is 0.464 e. The number of ether oxygens (including phenoxy) is 1. The molecule has 1 unspecified atom stereocenters. The zero-order valence-electron chi connectivity index (χ0n) is 9.17. The molecule has 4 nitrogen and oxygen atoms in total. The molecule has 0 aliphatic carbocycles. The number of carbonyl (C=O) groups excluding carboxylic acids is 1. The van der Waals surface area contributed by atoms with Gasteiger partial charge in [-0.1, -0.05) is 31.0 Å². The molecule has 1 aromatic carbocycles. The predicted octanol–water partition coefficient (Wildman–Crippen LogP) is 1.23. The molecule has 1 rings (SSSR count). The maximum absolute atomic E-state index is 11.6. The molecule has 1 atom stereocenters. The van der Waals surface area contributed by atoms with Gasteiger partial charge in [-0.05, 0) is 19.1 Å². The molecule has 0 aliphatic rings. The van der Waals surface area contributed by atoms with Crippen LogP contribution in [0.1, 0.15) is 6.92 Å². The Morgan fingerprint density at radius 1 is 1.50 bits per heavy atom. The Morgan fingerprint density at radius 2 is 2.12 bits per heavy atom. The molecule has 88 valence electrons. The van der Waals surface area contributed by atoms with E-state index in [0.717, 1.165) is 5.69 Å². The fourth-order valence-electron chi connectivity index (χ4n) is 1.30. The Kier molecular flexibility index (Phi) is 5.14. The number of hydrogen-bond donors (Lipinski definition) is 2. The average molecular weight is 240 g/mol. The molecule has 0 saturated carbocycles. The van der Waals surface area contributed by atoms with Gasteiger partial charge in [-0.2, -0.15) is 0 Å². The third-order valence-corrected chi connectivity index (χ3v) is 2.61. The minimum atomic E-state index is -0.564. The van der Waals surface area contributed by atoms with Crippen molar-refractivity contribution in [2.45, 2.75) is 13.0 Å². The number of anilines is 1. The van der Waals surface area contributed by atoms with E-state index in [9.17, 15) is 4.79 Å². The smallest absolute Gasteiger partial charge is 0.331 e. The van der Waals surface area contributed by atoms with E-state index in [2.05, 4.69) is 12.8 Å². The highest BCUT2D eigenvalue weighted by Crippen LogP contribution is 2.18. The number of carbonyl (C=O) groups is 1. The summed E-state index contributed by atoms with van der Waals surface area (Å²) in [7, 11) is 0. The van der Waals surface area contributed by atoms with Crippen molar-refractivity contribution in [1.82, 2.24) is 0 Å². The summed E-state index contributed by atoms with van der Waals surface area (Å²) < 4.78 is 6.45. The van der Waals surface area contributed by atoms with Crippen LogP contribution < -0.4 is 10.0 Å². The van der Waals surface area contributed by atoms with E-state index in [1.54, 1.807) is 6.92 Å². The quantitative estimate of drug-likeness (QED) is 0.600. The van der Waals surface area contributed by atoms with Gasteiger partial charge in [0.05, 0.1) is 6.61 Å². The van der Waals surface area contributed by atoms with E-state index < -0.39 is 6.04 Å². The average Bonchev–Trinajstić information content (AvgIpc) is 2.31.